The summed E-state index contributed by atoms with van der Waals surface area (Å²) in [4.78, 5) is 4.44. The number of anilines is 1. The third-order valence-electron chi connectivity index (χ3n) is 5.64. The second kappa shape index (κ2) is 10.2. The zero-order chi connectivity index (χ0) is 26.0. The number of pyridine rings is 1. The van der Waals surface area contributed by atoms with E-state index in [9.17, 15) is 8.78 Å². The van der Waals surface area contributed by atoms with Crippen LogP contribution in [0.5, 0.6) is 17.2 Å². The number of hydrogen-bond acceptors (Lipinski definition) is 5. The Morgan fingerprint density at radius 3 is 2.33 bits per heavy atom. The fourth-order valence-electron chi connectivity index (χ4n) is 3.74. The van der Waals surface area contributed by atoms with Crippen LogP contribution in [0.25, 0.3) is 22.2 Å². The summed E-state index contributed by atoms with van der Waals surface area (Å²) in [5.74, 6) is -2.60. The highest BCUT2D eigenvalue weighted by molar-refractivity contribution is 6.76. The summed E-state index contributed by atoms with van der Waals surface area (Å²) in [6, 6.07) is 8.85. The van der Waals surface area contributed by atoms with Crippen LogP contribution in [0.1, 0.15) is 0 Å². The van der Waals surface area contributed by atoms with Crippen molar-refractivity contribution in [1.29, 1.82) is 0 Å². The van der Waals surface area contributed by atoms with E-state index in [2.05, 4.69) is 24.6 Å². The van der Waals surface area contributed by atoms with E-state index in [1.807, 2.05) is 0 Å². The summed E-state index contributed by atoms with van der Waals surface area (Å²) in [7, 11) is 0.157. The molecule has 4 aromatic rings. The van der Waals surface area contributed by atoms with E-state index in [4.69, 9.17) is 19.9 Å². The third-order valence-corrected chi connectivity index (χ3v) is 7.35. The Balaban J connectivity index is 1.82. The predicted molar refractivity (Wildman–Crippen MR) is 137 cm³/mol. The van der Waals surface area contributed by atoms with Gasteiger partial charge in [-0.3, -0.25) is 0 Å². The average Bonchev–Trinajstić information content (AvgIpc) is 3.17. The first kappa shape index (κ1) is 25.6. The van der Waals surface area contributed by atoms with Gasteiger partial charge >= 0.3 is 0 Å². The lowest BCUT2D eigenvalue weighted by Crippen LogP contribution is -2.22. The fraction of sp³-hybridized carbons (Fsp3) is 0.269. The number of benzene rings is 2. The number of aromatic nitrogens is 2. The highest BCUT2D eigenvalue weighted by Gasteiger charge is 2.22. The molecule has 6 nitrogen and oxygen atoms in total. The van der Waals surface area contributed by atoms with Gasteiger partial charge in [0.1, 0.15) is 29.7 Å². The van der Waals surface area contributed by atoms with Gasteiger partial charge in [-0.05, 0) is 24.2 Å². The zero-order valence-corrected chi connectivity index (χ0v) is 21.6. The molecular weight excluding hydrogens is 487 g/mol. The van der Waals surface area contributed by atoms with Gasteiger partial charge < -0.3 is 24.5 Å². The van der Waals surface area contributed by atoms with E-state index in [1.165, 1.54) is 25.4 Å². The van der Waals surface area contributed by atoms with Crippen LogP contribution in [-0.2, 0) is 11.5 Å². The van der Waals surface area contributed by atoms with E-state index in [0.717, 1.165) is 18.2 Å². The quantitative estimate of drug-likeness (QED) is 0.151. The minimum absolute atomic E-state index is 0.0696. The summed E-state index contributed by atoms with van der Waals surface area (Å²) in [5, 5.41) is 0.381. The van der Waals surface area contributed by atoms with Gasteiger partial charge in [0, 0.05) is 62.1 Å². The lowest BCUT2D eigenvalue weighted by atomic mass is 10.0. The molecule has 0 atom stereocenters. The number of ether oxygens (including phenoxy) is 3. The Kier molecular flexibility index (Phi) is 7.27. The van der Waals surface area contributed by atoms with Gasteiger partial charge in [-0.1, -0.05) is 19.6 Å². The van der Waals surface area contributed by atoms with Crippen molar-refractivity contribution < 1.29 is 27.4 Å². The van der Waals surface area contributed by atoms with Crippen LogP contribution in [0, 0.1) is 17.5 Å². The molecule has 10 heteroatoms. The van der Waals surface area contributed by atoms with E-state index in [-0.39, 0.29) is 23.7 Å². The Morgan fingerprint density at radius 1 is 0.972 bits per heavy atom. The van der Waals surface area contributed by atoms with Crippen molar-refractivity contribution in [3.8, 4) is 28.4 Å². The number of hydrogen-bond donors (Lipinski definition) is 1. The Hall–Kier alpha value is -3.50. The molecule has 190 valence electrons. The van der Waals surface area contributed by atoms with Crippen molar-refractivity contribution in [1.82, 2.24) is 9.55 Å². The third kappa shape index (κ3) is 5.49. The van der Waals surface area contributed by atoms with Gasteiger partial charge in [0.05, 0.1) is 12.5 Å². The van der Waals surface area contributed by atoms with Crippen molar-refractivity contribution >= 4 is 24.8 Å². The van der Waals surface area contributed by atoms with E-state index < -0.39 is 31.3 Å². The SMILES string of the molecule is COc1ccc(-c2cn(COCC[Si](C)(C)C)c3nccc(Oc4c(F)cc(N)cc4F)c23)c(F)c1. The number of fused-ring (bicyclic) bond motifs is 1. The molecule has 0 unspecified atom stereocenters. The lowest BCUT2D eigenvalue weighted by Gasteiger charge is -2.15. The highest BCUT2D eigenvalue weighted by Crippen LogP contribution is 2.40. The monoisotopic (exact) mass is 515 g/mol. The first-order valence-corrected chi connectivity index (χ1v) is 15.1. The topological polar surface area (TPSA) is 71.5 Å². The molecule has 0 bridgehead atoms. The number of nitrogen functional groups attached to an aromatic ring is 1. The smallest absolute Gasteiger partial charge is 0.198 e. The summed E-state index contributed by atoms with van der Waals surface area (Å²) in [6.07, 6.45) is 3.15. The second-order valence-corrected chi connectivity index (χ2v) is 15.3. The summed E-state index contributed by atoms with van der Waals surface area (Å²) in [6.45, 7) is 7.51. The molecule has 0 fully saturated rings. The number of nitrogens with zero attached hydrogens (tertiary/aromatic N) is 2. The summed E-state index contributed by atoms with van der Waals surface area (Å²) in [5.41, 5.74) is 6.55. The van der Waals surface area contributed by atoms with Crippen molar-refractivity contribution in [3.05, 3.63) is 66.2 Å². The molecule has 2 N–H and O–H groups in total. The lowest BCUT2D eigenvalue weighted by molar-refractivity contribution is 0.0899. The fourth-order valence-corrected chi connectivity index (χ4v) is 4.50. The molecule has 0 amide bonds. The second-order valence-electron chi connectivity index (χ2n) is 9.63. The van der Waals surface area contributed by atoms with Gasteiger partial charge in [0.15, 0.2) is 17.4 Å². The number of nitrogens with two attached hydrogens (primary N) is 1. The van der Waals surface area contributed by atoms with Crippen LogP contribution >= 0.6 is 0 Å². The standard InChI is InChI=1S/C26H28F3N3O3Si/c1-33-17-5-6-18(20(27)13-17)19-14-32(15-34-9-10-36(2,3)4)26-24(19)23(7-8-31-26)35-25-21(28)11-16(30)12-22(25)29/h5-8,11-14H,9-10,15,30H2,1-4H3. The van der Waals surface area contributed by atoms with Gasteiger partial charge in [0.2, 0.25) is 0 Å². The molecule has 0 aliphatic heterocycles. The van der Waals surface area contributed by atoms with Gasteiger partial charge in [-0.2, -0.15) is 0 Å². The molecule has 0 saturated heterocycles. The van der Waals surface area contributed by atoms with Crippen LogP contribution in [0.3, 0.4) is 0 Å². The first-order valence-electron chi connectivity index (χ1n) is 11.4. The maximum Gasteiger partial charge on any atom is 0.198 e. The molecule has 0 spiro atoms. The Bertz CT molecular complexity index is 1380. The largest absolute Gasteiger partial charge is 0.497 e. The van der Waals surface area contributed by atoms with Crippen LogP contribution in [0.2, 0.25) is 25.7 Å². The Morgan fingerprint density at radius 2 is 1.69 bits per heavy atom. The number of halogens is 3. The summed E-state index contributed by atoms with van der Waals surface area (Å²) < 4.78 is 62.6. The molecule has 2 aromatic carbocycles. The van der Waals surface area contributed by atoms with Crippen LogP contribution in [0.15, 0.2) is 48.8 Å². The van der Waals surface area contributed by atoms with Crippen molar-refractivity contribution in [2.75, 3.05) is 19.5 Å². The molecule has 2 heterocycles. The van der Waals surface area contributed by atoms with Gasteiger partial charge in [-0.25, -0.2) is 18.2 Å². The van der Waals surface area contributed by atoms with Gasteiger partial charge in [-0.15, -0.1) is 0 Å². The van der Waals surface area contributed by atoms with E-state index >= 15 is 4.39 Å². The van der Waals surface area contributed by atoms with Crippen LogP contribution < -0.4 is 15.2 Å². The molecule has 36 heavy (non-hydrogen) atoms. The maximum absolute atomic E-state index is 15.1. The number of methoxy groups -OCH3 is 1. The van der Waals surface area contributed by atoms with Crippen LogP contribution in [-0.4, -0.2) is 31.3 Å². The highest BCUT2D eigenvalue weighted by atomic mass is 28.3. The van der Waals surface area contributed by atoms with Crippen LogP contribution in [0.4, 0.5) is 18.9 Å². The molecule has 0 aliphatic rings. The molecule has 0 radical (unpaired) electrons. The minimum Gasteiger partial charge on any atom is -0.497 e. The molecule has 4 rings (SSSR count). The number of rotatable bonds is 9. The van der Waals surface area contributed by atoms with Crippen molar-refractivity contribution in [2.45, 2.75) is 32.4 Å². The predicted octanol–water partition coefficient (Wildman–Crippen LogP) is 6.82. The molecule has 0 aliphatic carbocycles. The van der Waals surface area contributed by atoms with Crippen molar-refractivity contribution in [3.63, 3.8) is 0 Å². The van der Waals surface area contributed by atoms with E-state index in [0.29, 0.717) is 29.0 Å². The zero-order valence-electron chi connectivity index (χ0n) is 20.6. The molecule has 0 saturated carbocycles. The first-order chi connectivity index (χ1) is 17.1. The minimum atomic E-state index is -1.29. The summed E-state index contributed by atoms with van der Waals surface area (Å²) >= 11 is 0. The molecule has 2 aromatic heterocycles. The normalized spacial score (nSPS) is 11.8. The van der Waals surface area contributed by atoms with E-state index in [1.54, 1.807) is 22.9 Å². The van der Waals surface area contributed by atoms with Gasteiger partial charge in [0.25, 0.3) is 0 Å². The Labute approximate surface area is 208 Å². The molecular formula is C26H28F3N3O3Si. The van der Waals surface area contributed by atoms with Crippen molar-refractivity contribution in [2.24, 2.45) is 0 Å². The average molecular weight is 516 g/mol. The maximum atomic E-state index is 15.1.